The predicted octanol–water partition coefficient (Wildman–Crippen LogP) is 2.36. The van der Waals surface area contributed by atoms with Gasteiger partial charge in [0.15, 0.2) is 0 Å². The first kappa shape index (κ1) is 17.7. The van der Waals surface area contributed by atoms with Crippen LogP contribution in [0.15, 0.2) is 52.3 Å². The van der Waals surface area contributed by atoms with Crippen LogP contribution in [0.4, 0.5) is 5.69 Å². The van der Waals surface area contributed by atoms with Crippen molar-refractivity contribution >= 4 is 37.3 Å². The lowest BCUT2D eigenvalue weighted by atomic mass is 10.2. The van der Waals surface area contributed by atoms with Gasteiger partial charge in [0, 0.05) is 10.7 Å². The summed E-state index contributed by atoms with van der Waals surface area (Å²) >= 11 is 5.94. The Labute approximate surface area is 140 Å². The molecule has 2 N–H and O–H groups in total. The Hall–Kier alpha value is -1.61. The van der Waals surface area contributed by atoms with E-state index in [2.05, 4.69) is 9.44 Å². The molecule has 23 heavy (non-hydrogen) atoms. The molecular formula is C14H15ClN2O4S2. The van der Waals surface area contributed by atoms with Gasteiger partial charge in [-0.3, -0.25) is 4.72 Å². The molecule has 0 fully saturated rings. The van der Waals surface area contributed by atoms with Gasteiger partial charge in [0.05, 0.1) is 9.79 Å². The first-order valence-corrected chi connectivity index (χ1v) is 9.83. The van der Waals surface area contributed by atoms with Crippen molar-refractivity contribution in [3.8, 4) is 0 Å². The molecular weight excluding hydrogens is 360 g/mol. The fourth-order valence-electron chi connectivity index (χ4n) is 1.77. The Morgan fingerprint density at radius 2 is 1.43 bits per heavy atom. The number of hydrogen-bond donors (Lipinski definition) is 2. The maximum absolute atomic E-state index is 12.3. The van der Waals surface area contributed by atoms with Gasteiger partial charge in [-0.05, 0) is 55.9 Å². The predicted molar refractivity (Wildman–Crippen MR) is 89.7 cm³/mol. The molecule has 0 spiro atoms. The minimum absolute atomic E-state index is 0.0278. The van der Waals surface area contributed by atoms with E-state index in [0.717, 1.165) is 5.56 Å². The first-order chi connectivity index (χ1) is 10.7. The van der Waals surface area contributed by atoms with Crippen LogP contribution in [0.25, 0.3) is 0 Å². The average molecular weight is 375 g/mol. The number of anilines is 1. The minimum atomic E-state index is -3.81. The summed E-state index contributed by atoms with van der Waals surface area (Å²) in [6.07, 6.45) is 0. The van der Waals surface area contributed by atoms with Crippen molar-refractivity contribution in [2.24, 2.45) is 0 Å². The van der Waals surface area contributed by atoms with E-state index in [-0.39, 0.29) is 15.5 Å². The maximum atomic E-state index is 12.3. The first-order valence-electron chi connectivity index (χ1n) is 6.48. The summed E-state index contributed by atoms with van der Waals surface area (Å²) in [6, 6.07) is 9.79. The second kappa shape index (κ2) is 6.48. The van der Waals surface area contributed by atoms with Crippen LogP contribution in [0.5, 0.6) is 0 Å². The Kier molecular flexibility index (Phi) is 5.00. The standard InChI is InChI=1S/C14H15ClN2O4S2/c1-10-3-6-13(9-14(10)15)23(20,21)17-11-4-7-12(8-5-11)22(18,19)16-2/h3-9,16-17H,1-2H3. The van der Waals surface area contributed by atoms with Gasteiger partial charge >= 0.3 is 0 Å². The second-order valence-corrected chi connectivity index (χ2v) is 8.72. The minimum Gasteiger partial charge on any atom is -0.280 e. The molecule has 0 amide bonds. The largest absolute Gasteiger partial charge is 0.280 e. The Morgan fingerprint density at radius 1 is 0.870 bits per heavy atom. The molecule has 0 radical (unpaired) electrons. The van der Waals surface area contributed by atoms with Crippen LogP contribution in [-0.2, 0) is 20.0 Å². The summed E-state index contributed by atoms with van der Waals surface area (Å²) in [7, 11) is -6.07. The van der Waals surface area contributed by atoms with E-state index >= 15 is 0 Å². The molecule has 2 aromatic carbocycles. The number of rotatable bonds is 5. The quantitative estimate of drug-likeness (QED) is 0.840. The van der Waals surface area contributed by atoms with Crippen molar-refractivity contribution in [2.75, 3.05) is 11.8 Å². The number of nitrogens with one attached hydrogen (secondary N) is 2. The molecule has 0 aliphatic carbocycles. The van der Waals surface area contributed by atoms with Gasteiger partial charge < -0.3 is 0 Å². The van der Waals surface area contributed by atoms with Gasteiger partial charge in [0.2, 0.25) is 10.0 Å². The lowest BCUT2D eigenvalue weighted by Gasteiger charge is -2.10. The van der Waals surface area contributed by atoms with Gasteiger partial charge in [-0.25, -0.2) is 21.6 Å². The molecule has 0 aliphatic rings. The molecule has 0 bridgehead atoms. The normalized spacial score (nSPS) is 12.1. The fraction of sp³-hybridized carbons (Fsp3) is 0.143. The zero-order valence-corrected chi connectivity index (χ0v) is 14.8. The van der Waals surface area contributed by atoms with Crippen molar-refractivity contribution in [1.82, 2.24) is 4.72 Å². The molecule has 0 saturated heterocycles. The molecule has 2 rings (SSSR count). The van der Waals surface area contributed by atoms with E-state index in [1.807, 2.05) is 0 Å². The summed E-state index contributed by atoms with van der Waals surface area (Å²) in [5.74, 6) is 0. The highest BCUT2D eigenvalue weighted by Gasteiger charge is 2.16. The number of sulfonamides is 2. The van der Waals surface area contributed by atoms with Gasteiger partial charge in [0.1, 0.15) is 0 Å². The van der Waals surface area contributed by atoms with E-state index in [9.17, 15) is 16.8 Å². The SMILES string of the molecule is CNS(=O)(=O)c1ccc(NS(=O)(=O)c2ccc(C)c(Cl)c2)cc1. The molecule has 9 heteroatoms. The van der Waals surface area contributed by atoms with Gasteiger partial charge in [-0.2, -0.15) is 0 Å². The number of hydrogen-bond acceptors (Lipinski definition) is 4. The number of aryl methyl sites for hydroxylation is 1. The lowest BCUT2D eigenvalue weighted by Crippen LogP contribution is -2.18. The second-order valence-electron chi connectivity index (χ2n) is 4.75. The number of halogens is 1. The maximum Gasteiger partial charge on any atom is 0.261 e. The molecule has 0 atom stereocenters. The fourth-order valence-corrected chi connectivity index (χ4v) is 3.83. The molecule has 2 aromatic rings. The van der Waals surface area contributed by atoms with Crippen LogP contribution in [0.2, 0.25) is 5.02 Å². The Balaban J connectivity index is 2.29. The van der Waals surface area contributed by atoms with Crippen LogP contribution in [0.1, 0.15) is 5.56 Å². The van der Waals surface area contributed by atoms with Crippen LogP contribution in [0, 0.1) is 6.92 Å². The van der Waals surface area contributed by atoms with E-state index in [0.29, 0.717) is 5.02 Å². The van der Waals surface area contributed by atoms with Crippen molar-refractivity contribution in [2.45, 2.75) is 16.7 Å². The third-order valence-electron chi connectivity index (χ3n) is 3.14. The Morgan fingerprint density at radius 3 is 1.96 bits per heavy atom. The van der Waals surface area contributed by atoms with E-state index in [1.165, 1.54) is 43.4 Å². The molecule has 124 valence electrons. The monoisotopic (exact) mass is 374 g/mol. The van der Waals surface area contributed by atoms with Gasteiger partial charge in [-0.15, -0.1) is 0 Å². The van der Waals surface area contributed by atoms with Crippen molar-refractivity contribution < 1.29 is 16.8 Å². The van der Waals surface area contributed by atoms with Gasteiger partial charge in [-0.1, -0.05) is 17.7 Å². The zero-order valence-electron chi connectivity index (χ0n) is 12.4. The van der Waals surface area contributed by atoms with Crippen molar-refractivity contribution in [1.29, 1.82) is 0 Å². The van der Waals surface area contributed by atoms with Crippen LogP contribution >= 0.6 is 11.6 Å². The molecule has 0 heterocycles. The zero-order chi connectivity index (χ0) is 17.3. The smallest absolute Gasteiger partial charge is 0.261 e. The average Bonchev–Trinajstić information content (AvgIpc) is 2.50. The van der Waals surface area contributed by atoms with Crippen molar-refractivity contribution in [3.63, 3.8) is 0 Å². The third kappa shape index (κ3) is 4.03. The van der Waals surface area contributed by atoms with Crippen LogP contribution in [0.3, 0.4) is 0 Å². The molecule has 0 unspecified atom stereocenters. The Bertz CT molecular complexity index is 924. The summed E-state index contributed by atoms with van der Waals surface area (Å²) < 4.78 is 52.4. The van der Waals surface area contributed by atoms with E-state index in [1.54, 1.807) is 13.0 Å². The summed E-state index contributed by atoms with van der Waals surface area (Å²) in [5, 5.41) is 0.350. The highest BCUT2D eigenvalue weighted by atomic mass is 35.5. The van der Waals surface area contributed by atoms with E-state index < -0.39 is 20.0 Å². The molecule has 0 aliphatic heterocycles. The molecule has 0 aromatic heterocycles. The highest BCUT2D eigenvalue weighted by Crippen LogP contribution is 2.22. The highest BCUT2D eigenvalue weighted by molar-refractivity contribution is 7.92. The third-order valence-corrected chi connectivity index (χ3v) is 6.36. The van der Waals surface area contributed by atoms with Gasteiger partial charge in [0.25, 0.3) is 10.0 Å². The summed E-state index contributed by atoms with van der Waals surface area (Å²) in [4.78, 5) is 0.0707. The molecule has 0 saturated carbocycles. The topological polar surface area (TPSA) is 92.3 Å². The lowest BCUT2D eigenvalue weighted by molar-refractivity contribution is 0.588. The summed E-state index contributed by atoms with van der Waals surface area (Å²) in [5.41, 5.74) is 1.02. The van der Waals surface area contributed by atoms with Crippen LogP contribution in [-0.4, -0.2) is 23.9 Å². The number of benzene rings is 2. The molecule has 6 nitrogen and oxygen atoms in total. The summed E-state index contributed by atoms with van der Waals surface area (Å²) in [6.45, 7) is 1.77. The van der Waals surface area contributed by atoms with Crippen LogP contribution < -0.4 is 9.44 Å². The van der Waals surface area contributed by atoms with Crippen molar-refractivity contribution in [3.05, 3.63) is 53.1 Å². The van der Waals surface area contributed by atoms with E-state index in [4.69, 9.17) is 11.6 Å².